The van der Waals surface area contributed by atoms with Crippen molar-refractivity contribution in [3.8, 4) is 5.75 Å². The number of rotatable bonds is 9. The van der Waals surface area contributed by atoms with Crippen LogP contribution in [0.5, 0.6) is 5.75 Å². The number of Topliss-reactive ketones (excluding diaryl/α,β-unsaturated/α-hetero) is 1. The largest absolute Gasteiger partial charge is 0.494 e. The van der Waals surface area contributed by atoms with Crippen molar-refractivity contribution in [1.82, 2.24) is 0 Å². The highest BCUT2D eigenvalue weighted by Crippen LogP contribution is 2.18. The number of hydrogen-bond donors (Lipinski definition) is 1. The van der Waals surface area contributed by atoms with E-state index in [1.54, 1.807) is 6.07 Å². The molecule has 1 N–H and O–H groups in total. The number of hydrogen-bond acceptors (Lipinski definition) is 6. The number of carbonyl (C=O) groups is 3. The highest BCUT2D eigenvalue weighted by atomic mass is 32.2. The van der Waals surface area contributed by atoms with E-state index in [-0.39, 0.29) is 28.7 Å². The van der Waals surface area contributed by atoms with E-state index in [0.717, 1.165) is 23.4 Å². The average Bonchev–Trinajstić information content (AvgIpc) is 2.66. The van der Waals surface area contributed by atoms with E-state index < -0.39 is 24.2 Å². The third kappa shape index (κ3) is 6.70. The molecule has 2 aromatic carbocycles. The number of halogens is 1. The summed E-state index contributed by atoms with van der Waals surface area (Å²) < 4.78 is 23.3. The van der Waals surface area contributed by atoms with Crippen LogP contribution in [0.4, 0.5) is 10.1 Å². The topological polar surface area (TPSA) is 81.7 Å². The van der Waals surface area contributed by atoms with Gasteiger partial charge in [-0.25, -0.2) is 4.39 Å². The summed E-state index contributed by atoms with van der Waals surface area (Å²) in [6, 6.07) is 11.1. The van der Waals surface area contributed by atoms with Crippen LogP contribution in [0.15, 0.2) is 42.5 Å². The molecule has 0 aliphatic carbocycles. The summed E-state index contributed by atoms with van der Waals surface area (Å²) in [6.45, 7) is 1.42. The van der Waals surface area contributed by atoms with Crippen LogP contribution in [-0.4, -0.2) is 42.9 Å². The first-order valence-corrected chi connectivity index (χ1v) is 9.51. The van der Waals surface area contributed by atoms with Gasteiger partial charge in [-0.05, 0) is 42.8 Å². The summed E-state index contributed by atoms with van der Waals surface area (Å²) in [5.74, 6) is -2.06. The molecule has 2 rings (SSSR count). The van der Waals surface area contributed by atoms with E-state index in [0.29, 0.717) is 5.69 Å². The van der Waals surface area contributed by atoms with Gasteiger partial charge < -0.3 is 14.8 Å². The summed E-state index contributed by atoms with van der Waals surface area (Å²) in [5.41, 5.74) is 1.79. The molecule has 0 radical (unpaired) electrons. The van der Waals surface area contributed by atoms with E-state index >= 15 is 0 Å². The third-order valence-corrected chi connectivity index (χ3v) is 4.50. The lowest BCUT2D eigenvalue weighted by molar-refractivity contribution is -0.139. The molecule has 0 spiro atoms. The monoisotopic (exact) mass is 405 g/mol. The average molecular weight is 405 g/mol. The highest BCUT2D eigenvalue weighted by Gasteiger charge is 2.13. The number of methoxy groups -OCH3 is 1. The van der Waals surface area contributed by atoms with Crippen LogP contribution in [0, 0.1) is 12.7 Å². The van der Waals surface area contributed by atoms with Crippen LogP contribution in [0.1, 0.15) is 15.9 Å². The Morgan fingerprint density at radius 3 is 2.57 bits per heavy atom. The summed E-state index contributed by atoms with van der Waals surface area (Å²) in [7, 11) is 1.32. The van der Waals surface area contributed by atoms with Crippen molar-refractivity contribution in [1.29, 1.82) is 0 Å². The maximum Gasteiger partial charge on any atom is 0.316 e. The van der Waals surface area contributed by atoms with Crippen molar-refractivity contribution in [3.63, 3.8) is 0 Å². The molecule has 0 bridgehead atoms. The van der Waals surface area contributed by atoms with Crippen LogP contribution >= 0.6 is 11.8 Å². The van der Waals surface area contributed by atoms with Gasteiger partial charge in [-0.1, -0.05) is 12.1 Å². The second-order valence-corrected chi connectivity index (χ2v) is 6.83. The maximum absolute atomic E-state index is 13.6. The molecule has 0 fully saturated rings. The van der Waals surface area contributed by atoms with Crippen LogP contribution < -0.4 is 10.1 Å². The second-order valence-electron chi connectivity index (χ2n) is 5.84. The first kappa shape index (κ1) is 21.4. The Balaban J connectivity index is 1.70. The molecule has 8 heteroatoms. The van der Waals surface area contributed by atoms with Crippen molar-refractivity contribution in [3.05, 3.63) is 59.4 Å². The predicted molar refractivity (Wildman–Crippen MR) is 105 cm³/mol. The van der Waals surface area contributed by atoms with Gasteiger partial charge in [0.05, 0.1) is 18.6 Å². The quantitative estimate of drug-likeness (QED) is 0.510. The lowest BCUT2D eigenvalue weighted by atomic mass is 10.1. The van der Waals surface area contributed by atoms with Crippen molar-refractivity contribution < 1.29 is 28.2 Å². The number of aryl methyl sites for hydroxylation is 1. The van der Waals surface area contributed by atoms with Crippen molar-refractivity contribution >= 4 is 35.1 Å². The Bertz CT molecular complexity index is 871. The number of ketones is 1. The lowest BCUT2D eigenvalue weighted by Crippen LogP contribution is -2.18. The third-order valence-electron chi connectivity index (χ3n) is 3.59. The number of benzene rings is 2. The first-order chi connectivity index (χ1) is 13.4. The lowest BCUT2D eigenvalue weighted by Gasteiger charge is -2.07. The molecular weight excluding hydrogens is 385 g/mol. The number of ether oxygens (including phenoxy) is 2. The van der Waals surface area contributed by atoms with E-state index in [1.807, 2.05) is 25.1 Å². The molecule has 2 aromatic rings. The van der Waals surface area contributed by atoms with Crippen molar-refractivity contribution in [2.75, 3.05) is 30.5 Å². The SMILES string of the molecule is COc1ccc(C(=O)COC(=O)CSCC(=O)Nc2cccc(C)c2)cc1F. The van der Waals surface area contributed by atoms with E-state index in [9.17, 15) is 18.8 Å². The molecule has 0 heterocycles. The van der Waals surface area contributed by atoms with Gasteiger partial charge in [-0.3, -0.25) is 14.4 Å². The Kier molecular flexibility index (Phi) is 8.01. The standard InChI is InChI=1S/C20H20FNO5S/c1-13-4-3-5-15(8-13)22-19(24)11-28-12-20(25)27-10-17(23)14-6-7-18(26-2)16(21)9-14/h3-9H,10-12H2,1-2H3,(H,22,24). The highest BCUT2D eigenvalue weighted by molar-refractivity contribution is 8.00. The summed E-state index contributed by atoms with van der Waals surface area (Å²) in [6.07, 6.45) is 0. The molecule has 0 aromatic heterocycles. The van der Waals surface area contributed by atoms with Gasteiger partial charge in [0, 0.05) is 11.3 Å². The Morgan fingerprint density at radius 2 is 1.89 bits per heavy atom. The first-order valence-electron chi connectivity index (χ1n) is 8.35. The van der Waals surface area contributed by atoms with E-state index in [4.69, 9.17) is 9.47 Å². The fourth-order valence-electron chi connectivity index (χ4n) is 2.26. The Labute approximate surface area is 166 Å². The number of esters is 1. The van der Waals surface area contributed by atoms with Gasteiger partial charge in [0.15, 0.2) is 24.0 Å². The van der Waals surface area contributed by atoms with Crippen LogP contribution in [0.3, 0.4) is 0 Å². The van der Waals surface area contributed by atoms with Gasteiger partial charge in [0.2, 0.25) is 5.91 Å². The number of anilines is 1. The molecular formula is C20H20FNO5S. The van der Waals surface area contributed by atoms with Gasteiger partial charge in [-0.2, -0.15) is 0 Å². The van der Waals surface area contributed by atoms with Gasteiger partial charge >= 0.3 is 5.97 Å². The number of nitrogens with one attached hydrogen (secondary N) is 1. The molecule has 0 atom stereocenters. The molecule has 148 valence electrons. The molecule has 1 amide bonds. The second kappa shape index (κ2) is 10.5. The zero-order valence-electron chi connectivity index (χ0n) is 15.5. The maximum atomic E-state index is 13.6. The summed E-state index contributed by atoms with van der Waals surface area (Å²) in [5, 5.41) is 2.73. The summed E-state index contributed by atoms with van der Waals surface area (Å²) >= 11 is 1.07. The van der Waals surface area contributed by atoms with Gasteiger partial charge in [-0.15, -0.1) is 11.8 Å². The van der Waals surface area contributed by atoms with Crippen molar-refractivity contribution in [2.45, 2.75) is 6.92 Å². The minimum absolute atomic E-state index is 0.0221. The minimum atomic E-state index is -0.671. The molecule has 0 saturated carbocycles. The molecule has 6 nitrogen and oxygen atoms in total. The minimum Gasteiger partial charge on any atom is -0.494 e. The smallest absolute Gasteiger partial charge is 0.316 e. The molecule has 0 aliphatic rings. The van der Waals surface area contributed by atoms with Gasteiger partial charge in [0.25, 0.3) is 0 Å². The van der Waals surface area contributed by atoms with Crippen LogP contribution in [0.2, 0.25) is 0 Å². The zero-order chi connectivity index (χ0) is 20.5. The normalized spacial score (nSPS) is 10.2. The van der Waals surface area contributed by atoms with Crippen molar-refractivity contribution in [2.24, 2.45) is 0 Å². The molecule has 28 heavy (non-hydrogen) atoms. The predicted octanol–water partition coefficient (Wildman–Crippen LogP) is 3.24. The Hall–Kier alpha value is -2.87. The molecule has 0 saturated heterocycles. The number of amides is 1. The fourth-order valence-corrected chi connectivity index (χ4v) is 2.87. The van der Waals surface area contributed by atoms with E-state index in [2.05, 4.69) is 5.32 Å². The fraction of sp³-hybridized carbons (Fsp3) is 0.250. The zero-order valence-corrected chi connectivity index (χ0v) is 16.3. The van der Waals surface area contributed by atoms with Crippen LogP contribution in [-0.2, 0) is 14.3 Å². The number of thioether (sulfide) groups is 1. The van der Waals surface area contributed by atoms with Gasteiger partial charge in [0.1, 0.15) is 0 Å². The van der Waals surface area contributed by atoms with Crippen LogP contribution in [0.25, 0.3) is 0 Å². The summed E-state index contributed by atoms with van der Waals surface area (Å²) in [4.78, 5) is 35.5. The van der Waals surface area contributed by atoms with E-state index in [1.165, 1.54) is 19.2 Å². The molecule has 0 unspecified atom stereocenters. The Morgan fingerprint density at radius 1 is 1.11 bits per heavy atom. The number of carbonyl (C=O) groups excluding carboxylic acids is 3. The molecule has 0 aliphatic heterocycles.